The highest BCUT2D eigenvalue weighted by Crippen LogP contribution is 2.22. The fraction of sp³-hybridized carbons (Fsp3) is 0.409. The van der Waals surface area contributed by atoms with E-state index in [1.165, 1.54) is 0 Å². The Balaban J connectivity index is 0.00000160. The Labute approximate surface area is 189 Å². The van der Waals surface area contributed by atoms with Crippen LogP contribution in [0.15, 0.2) is 42.5 Å². The Kier molecular flexibility index (Phi) is 8.65. The lowest BCUT2D eigenvalue weighted by molar-refractivity contribution is -0.135. The number of pyridine rings is 1. The van der Waals surface area contributed by atoms with Crippen molar-refractivity contribution in [2.75, 3.05) is 32.7 Å². The van der Waals surface area contributed by atoms with Crippen LogP contribution in [0.25, 0.3) is 11.3 Å². The van der Waals surface area contributed by atoms with E-state index in [1.807, 2.05) is 59.2 Å². The van der Waals surface area contributed by atoms with Crippen LogP contribution >= 0.6 is 24.8 Å². The number of nitrogens with one attached hydrogen (secondary N) is 1. The Morgan fingerprint density at radius 1 is 1.10 bits per heavy atom. The van der Waals surface area contributed by atoms with E-state index >= 15 is 0 Å². The molecule has 2 fully saturated rings. The average Bonchev–Trinajstić information content (AvgIpc) is 2.74. The van der Waals surface area contributed by atoms with Gasteiger partial charge >= 0.3 is 0 Å². The van der Waals surface area contributed by atoms with Gasteiger partial charge in [-0.1, -0.05) is 30.3 Å². The average molecular weight is 451 g/mol. The van der Waals surface area contributed by atoms with Crippen molar-refractivity contribution in [3.63, 3.8) is 0 Å². The van der Waals surface area contributed by atoms with Crippen molar-refractivity contribution in [1.82, 2.24) is 20.1 Å². The molecule has 30 heavy (non-hydrogen) atoms. The number of piperazine rings is 1. The van der Waals surface area contributed by atoms with Crippen molar-refractivity contribution in [3.8, 4) is 11.3 Å². The van der Waals surface area contributed by atoms with E-state index in [9.17, 15) is 9.59 Å². The quantitative estimate of drug-likeness (QED) is 0.780. The van der Waals surface area contributed by atoms with Gasteiger partial charge < -0.3 is 15.1 Å². The van der Waals surface area contributed by atoms with Gasteiger partial charge in [-0.2, -0.15) is 0 Å². The number of hydrogen-bond donors (Lipinski definition) is 1. The molecule has 4 rings (SSSR count). The van der Waals surface area contributed by atoms with Gasteiger partial charge in [0.05, 0.1) is 23.5 Å². The van der Waals surface area contributed by atoms with Crippen LogP contribution in [-0.2, 0) is 4.79 Å². The SMILES string of the molecule is Cc1nc(-c2ccccc2)ccc1C(=O)N1CCCC(N2CCNCC2=O)C1.Cl.Cl. The molecule has 6 nitrogen and oxygen atoms in total. The van der Waals surface area contributed by atoms with Crippen LogP contribution in [0, 0.1) is 6.92 Å². The number of likely N-dealkylation sites (tertiary alicyclic amines) is 1. The van der Waals surface area contributed by atoms with E-state index in [0.29, 0.717) is 18.7 Å². The van der Waals surface area contributed by atoms with Gasteiger partial charge in [0, 0.05) is 37.8 Å². The molecule has 2 aromatic rings. The zero-order valence-corrected chi connectivity index (χ0v) is 18.7. The lowest BCUT2D eigenvalue weighted by atomic mass is 10.0. The molecule has 1 N–H and O–H groups in total. The maximum atomic E-state index is 13.1. The van der Waals surface area contributed by atoms with Gasteiger partial charge in [0.15, 0.2) is 0 Å². The predicted octanol–water partition coefficient (Wildman–Crippen LogP) is 2.94. The Morgan fingerprint density at radius 3 is 2.57 bits per heavy atom. The van der Waals surface area contributed by atoms with Crippen LogP contribution in [0.3, 0.4) is 0 Å². The zero-order valence-electron chi connectivity index (χ0n) is 17.0. The van der Waals surface area contributed by atoms with Crippen molar-refractivity contribution in [1.29, 1.82) is 0 Å². The molecule has 0 bridgehead atoms. The normalized spacial score (nSPS) is 19.0. The number of benzene rings is 1. The van der Waals surface area contributed by atoms with Crippen molar-refractivity contribution < 1.29 is 9.59 Å². The van der Waals surface area contributed by atoms with Gasteiger partial charge in [-0.05, 0) is 31.9 Å². The van der Waals surface area contributed by atoms with E-state index in [1.54, 1.807) is 0 Å². The molecular weight excluding hydrogens is 423 g/mol. The number of hydrogen-bond acceptors (Lipinski definition) is 4. The summed E-state index contributed by atoms with van der Waals surface area (Å²) in [7, 11) is 0. The summed E-state index contributed by atoms with van der Waals surface area (Å²) >= 11 is 0. The summed E-state index contributed by atoms with van der Waals surface area (Å²) in [6, 6.07) is 13.9. The molecule has 3 heterocycles. The van der Waals surface area contributed by atoms with Gasteiger partial charge in [-0.3, -0.25) is 14.6 Å². The Hall–Kier alpha value is -2.15. The zero-order chi connectivity index (χ0) is 19.5. The number of halogens is 2. The number of nitrogens with zero attached hydrogens (tertiary/aromatic N) is 3. The minimum absolute atomic E-state index is 0. The fourth-order valence-electron chi connectivity index (χ4n) is 4.13. The molecule has 162 valence electrons. The predicted molar refractivity (Wildman–Crippen MR) is 122 cm³/mol. The van der Waals surface area contributed by atoms with Crippen molar-refractivity contribution in [2.45, 2.75) is 25.8 Å². The summed E-state index contributed by atoms with van der Waals surface area (Å²) in [5.41, 5.74) is 3.30. The number of carbonyl (C=O) groups excluding carboxylic acids is 2. The highest BCUT2D eigenvalue weighted by molar-refractivity contribution is 5.95. The third kappa shape index (κ3) is 5.12. The molecule has 0 radical (unpaired) electrons. The number of aryl methyl sites for hydroxylation is 1. The van der Waals surface area contributed by atoms with Gasteiger partial charge in [0.25, 0.3) is 5.91 Å². The first kappa shape index (κ1) is 24.1. The molecule has 1 aromatic carbocycles. The Bertz CT molecular complexity index is 879. The van der Waals surface area contributed by atoms with E-state index in [-0.39, 0.29) is 42.7 Å². The first-order valence-electron chi connectivity index (χ1n) is 9.96. The molecule has 0 aliphatic carbocycles. The maximum absolute atomic E-state index is 13.1. The molecule has 0 saturated carbocycles. The fourth-order valence-corrected chi connectivity index (χ4v) is 4.13. The maximum Gasteiger partial charge on any atom is 0.255 e. The lowest BCUT2D eigenvalue weighted by Crippen LogP contribution is -2.57. The number of rotatable bonds is 3. The molecule has 1 atom stereocenters. The largest absolute Gasteiger partial charge is 0.337 e. The summed E-state index contributed by atoms with van der Waals surface area (Å²) in [6.45, 7) is 5.16. The molecule has 2 amide bonds. The van der Waals surface area contributed by atoms with Crippen LogP contribution < -0.4 is 5.32 Å². The van der Waals surface area contributed by atoms with Gasteiger partial charge in [0.2, 0.25) is 5.91 Å². The molecule has 2 saturated heterocycles. The van der Waals surface area contributed by atoms with Gasteiger partial charge in [-0.25, -0.2) is 0 Å². The van der Waals surface area contributed by atoms with E-state index in [2.05, 4.69) is 10.3 Å². The van der Waals surface area contributed by atoms with Gasteiger partial charge in [-0.15, -0.1) is 24.8 Å². The topological polar surface area (TPSA) is 65.5 Å². The Morgan fingerprint density at radius 2 is 1.87 bits per heavy atom. The van der Waals surface area contributed by atoms with Crippen molar-refractivity contribution in [2.24, 2.45) is 0 Å². The number of piperidine rings is 1. The summed E-state index contributed by atoms with van der Waals surface area (Å²) in [6.07, 6.45) is 1.88. The monoisotopic (exact) mass is 450 g/mol. The molecular formula is C22H28Cl2N4O2. The second-order valence-electron chi connectivity index (χ2n) is 7.51. The highest BCUT2D eigenvalue weighted by atomic mass is 35.5. The number of aromatic nitrogens is 1. The summed E-state index contributed by atoms with van der Waals surface area (Å²) in [5.74, 6) is 0.146. The second-order valence-corrected chi connectivity index (χ2v) is 7.51. The summed E-state index contributed by atoms with van der Waals surface area (Å²) in [5, 5.41) is 3.11. The number of amides is 2. The van der Waals surface area contributed by atoms with Crippen LogP contribution in [0.4, 0.5) is 0 Å². The summed E-state index contributed by atoms with van der Waals surface area (Å²) < 4.78 is 0. The summed E-state index contributed by atoms with van der Waals surface area (Å²) in [4.78, 5) is 33.9. The molecule has 2 aliphatic heterocycles. The minimum atomic E-state index is 0. The second kappa shape index (κ2) is 10.8. The van der Waals surface area contributed by atoms with E-state index in [0.717, 1.165) is 49.4 Å². The van der Waals surface area contributed by atoms with Crippen LogP contribution in [0.1, 0.15) is 28.9 Å². The molecule has 1 aromatic heterocycles. The van der Waals surface area contributed by atoms with Crippen molar-refractivity contribution >= 4 is 36.6 Å². The molecule has 0 spiro atoms. The first-order chi connectivity index (χ1) is 13.6. The number of carbonyl (C=O) groups is 2. The van der Waals surface area contributed by atoms with E-state index < -0.39 is 0 Å². The molecule has 2 aliphatic rings. The molecule has 8 heteroatoms. The van der Waals surface area contributed by atoms with Gasteiger partial charge in [0.1, 0.15) is 0 Å². The van der Waals surface area contributed by atoms with Crippen molar-refractivity contribution in [3.05, 3.63) is 53.7 Å². The van der Waals surface area contributed by atoms with Crippen LogP contribution in [0.5, 0.6) is 0 Å². The third-order valence-electron chi connectivity index (χ3n) is 5.64. The molecule has 1 unspecified atom stereocenters. The van der Waals surface area contributed by atoms with E-state index in [4.69, 9.17) is 0 Å². The minimum Gasteiger partial charge on any atom is -0.337 e. The van der Waals surface area contributed by atoms with Crippen LogP contribution in [0.2, 0.25) is 0 Å². The first-order valence-corrected chi connectivity index (χ1v) is 9.96. The lowest BCUT2D eigenvalue weighted by Gasteiger charge is -2.41. The standard InChI is InChI=1S/C22H26N4O2.2ClH/c1-16-19(9-10-20(24-16)17-6-3-2-4-7-17)22(28)25-12-5-8-18(15-25)26-13-11-23-14-21(26)27;;/h2-4,6-7,9-10,18,23H,5,8,11-15H2,1H3;2*1H. The smallest absolute Gasteiger partial charge is 0.255 e. The highest BCUT2D eigenvalue weighted by Gasteiger charge is 2.32. The third-order valence-corrected chi connectivity index (χ3v) is 5.64. The van der Waals surface area contributed by atoms with Crippen LogP contribution in [-0.4, -0.2) is 65.4 Å².